The Bertz CT molecular complexity index is 1470. The number of benzene rings is 2. The summed E-state index contributed by atoms with van der Waals surface area (Å²) in [5, 5.41) is 5.56. The van der Waals surface area contributed by atoms with Gasteiger partial charge in [0, 0.05) is 22.7 Å². The van der Waals surface area contributed by atoms with Crippen molar-refractivity contribution in [3.63, 3.8) is 0 Å². The maximum Gasteiger partial charge on any atom is 0.452 e. The van der Waals surface area contributed by atoms with Crippen LogP contribution in [-0.4, -0.2) is 27.8 Å². The van der Waals surface area contributed by atoms with Gasteiger partial charge in [0.15, 0.2) is 5.69 Å². The Morgan fingerprint density at radius 3 is 2.38 bits per heavy atom. The van der Waals surface area contributed by atoms with Gasteiger partial charge in [-0.25, -0.2) is 4.98 Å². The third-order valence-corrected chi connectivity index (χ3v) is 5.87. The SMILES string of the molecule is O=C(NC1CC1)c1ccc(-c2ccc(NC(=O)c3nc(-c4ccccc4)oc3C(F)(F)F)cn2)c(Cl)c1. The minimum atomic E-state index is -4.92. The first kappa shape index (κ1) is 24.5. The Labute approximate surface area is 213 Å². The van der Waals surface area contributed by atoms with Gasteiger partial charge in [-0.15, -0.1) is 0 Å². The summed E-state index contributed by atoms with van der Waals surface area (Å²) >= 11 is 6.36. The second kappa shape index (κ2) is 9.70. The number of anilines is 1. The van der Waals surface area contributed by atoms with E-state index in [1.807, 2.05) is 0 Å². The molecule has 5 rings (SSSR count). The van der Waals surface area contributed by atoms with Gasteiger partial charge in [0.2, 0.25) is 11.7 Å². The first-order valence-electron chi connectivity index (χ1n) is 11.2. The first-order chi connectivity index (χ1) is 17.7. The van der Waals surface area contributed by atoms with Gasteiger partial charge >= 0.3 is 6.18 Å². The summed E-state index contributed by atoms with van der Waals surface area (Å²) in [6.45, 7) is 0. The van der Waals surface area contributed by atoms with Gasteiger partial charge in [-0.2, -0.15) is 13.2 Å². The molecule has 1 fully saturated rings. The van der Waals surface area contributed by atoms with Gasteiger partial charge in [0.05, 0.1) is 22.6 Å². The van der Waals surface area contributed by atoms with Crippen molar-refractivity contribution in [2.24, 2.45) is 0 Å². The van der Waals surface area contributed by atoms with E-state index in [1.165, 1.54) is 24.4 Å². The number of carbonyl (C=O) groups is 2. The molecule has 0 saturated heterocycles. The van der Waals surface area contributed by atoms with Crippen molar-refractivity contribution in [2.45, 2.75) is 25.1 Å². The highest BCUT2D eigenvalue weighted by atomic mass is 35.5. The Kier molecular flexibility index (Phi) is 6.43. The number of aromatic nitrogens is 2. The van der Waals surface area contributed by atoms with Gasteiger partial charge < -0.3 is 15.1 Å². The third-order valence-electron chi connectivity index (χ3n) is 5.56. The molecule has 0 radical (unpaired) electrons. The zero-order valence-electron chi connectivity index (χ0n) is 19.0. The summed E-state index contributed by atoms with van der Waals surface area (Å²) in [6, 6.07) is 16.0. The lowest BCUT2D eigenvalue weighted by atomic mass is 10.1. The van der Waals surface area contributed by atoms with Crippen LogP contribution in [0.3, 0.4) is 0 Å². The van der Waals surface area contributed by atoms with E-state index in [4.69, 9.17) is 16.0 Å². The smallest absolute Gasteiger partial charge is 0.431 e. The van der Waals surface area contributed by atoms with Gasteiger partial charge in [-0.05, 0) is 49.2 Å². The molecule has 1 aliphatic carbocycles. The van der Waals surface area contributed by atoms with E-state index in [0.717, 1.165) is 12.8 Å². The number of alkyl halides is 3. The molecule has 0 spiro atoms. The Hall–Kier alpha value is -4.18. The summed E-state index contributed by atoms with van der Waals surface area (Å²) in [6.07, 6.45) is -1.71. The molecule has 0 atom stereocenters. The molecular formula is C26H18ClF3N4O3. The highest BCUT2D eigenvalue weighted by Crippen LogP contribution is 2.36. The topological polar surface area (TPSA) is 97.1 Å². The second-order valence-corrected chi connectivity index (χ2v) is 8.80. The van der Waals surface area contributed by atoms with Crippen molar-refractivity contribution < 1.29 is 27.2 Å². The van der Waals surface area contributed by atoms with E-state index in [9.17, 15) is 22.8 Å². The average molecular weight is 527 g/mol. The van der Waals surface area contributed by atoms with E-state index in [-0.39, 0.29) is 23.5 Å². The molecule has 1 aliphatic rings. The lowest BCUT2D eigenvalue weighted by molar-refractivity contribution is -0.153. The monoisotopic (exact) mass is 526 g/mol. The number of carbonyl (C=O) groups excluding carboxylic acids is 2. The molecule has 7 nitrogen and oxygen atoms in total. The van der Waals surface area contributed by atoms with Crippen molar-refractivity contribution in [3.8, 4) is 22.7 Å². The van der Waals surface area contributed by atoms with Crippen LogP contribution < -0.4 is 10.6 Å². The molecule has 2 amide bonds. The van der Waals surface area contributed by atoms with Crippen LogP contribution in [0.2, 0.25) is 5.02 Å². The van der Waals surface area contributed by atoms with Crippen LogP contribution >= 0.6 is 11.6 Å². The highest BCUT2D eigenvalue weighted by Gasteiger charge is 2.42. The maximum absolute atomic E-state index is 13.5. The lowest BCUT2D eigenvalue weighted by Crippen LogP contribution is -2.25. The molecule has 2 N–H and O–H groups in total. The number of halogens is 4. The van der Waals surface area contributed by atoms with Crippen molar-refractivity contribution in [1.29, 1.82) is 0 Å². The summed E-state index contributed by atoms with van der Waals surface area (Å²) < 4.78 is 45.5. The molecule has 4 aromatic rings. The number of hydrogen-bond acceptors (Lipinski definition) is 5. The summed E-state index contributed by atoms with van der Waals surface area (Å²) in [5.74, 6) is -3.12. The highest BCUT2D eigenvalue weighted by molar-refractivity contribution is 6.33. The zero-order chi connectivity index (χ0) is 26.2. The number of rotatable bonds is 6. The second-order valence-electron chi connectivity index (χ2n) is 8.39. The normalized spacial score (nSPS) is 13.3. The lowest BCUT2D eigenvalue weighted by Gasteiger charge is -2.09. The molecule has 0 aliphatic heterocycles. The fourth-order valence-corrected chi connectivity index (χ4v) is 3.83. The maximum atomic E-state index is 13.5. The van der Waals surface area contributed by atoms with Gasteiger partial charge in [0.1, 0.15) is 0 Å². The standard InChI is InChI=1S/C26H18ClF3N4O3/c27-19-12-15(23(35)32-16-7-8-16)6-10-18(19)20-11-9-17(13-31-20)33-24(36)21-22(26(28,29)30)37-25(34-21)14-4-2-1-3-5-14/h1-6,9-13,16H,7-8H2,(H,32,35)(H,33,36). The number of amides is 2. The third kappa shape index (κ3) is 5.49. The largest absolute Gasteiger partial charge is 0.452 e. The fourth-order valence-electron chi connectivity index (χ4n) is 3.55. The van der Waals surface area contributed by atoms with Crippen LogP contribution in [0.5, 0.6) is 0 Å². The van der Waals surface area contributed by atoms with E-state index < -0.39 is 23.5 Å². The van der Waals surface area contributed by atoms with Crippen molar-refractivity contribution in [2.75, 3.05) is 5.32 Å². The van der Waals surface area contributed by atoms with Crippen molar-refractivity contribution in [3.05, 3.63) is 88.9 Å². The van der Waals surface area contributed by atoms with Gasteiger partial charge in [-0.3, -0.25) is 14.6 Å². The van der Waals surface area contributed by atoms with E-state index in [2.05, 4.69) is 20.6 Å². The molecule has 2 aromatic carbocycles. The molecule has 11 heteroatoms. The fraction of sp³-hybridized carbons (Fsp3) is 0.154. The molecule has 0 bridgehead atoms. The molecule has 2 aromatic heterocycles. The number of hydrogen-bond donors (Lipinski definition) is 2. The molecule has 2 heterocycles. The van der Waals surface area contributed by atoms with E-state index in [1.54, 1.807) is 42.5 Å². The van der Waals surface area contributed by atoms with Gasteiger partial charge in [-0.1, -0.05) is 35.9 Å². The van der Waals surface area contributed by atoms with Crippen LogP contribution in [0, 0.1) is 0 Å². The van der Waals surface area contributed by atoms with Crippen LogP contribution in [0.25, 0.3) is 22.7 Å². The molecular weight excluding hydrogens is 509 g/mol. The van der Waals surface area contributed by atoms with Crippen LogP contribution in [-0.2, 0) is 6.18 Å². The van der Waals surface area contributed by atoms with Gasteiger partial charge in [0.25, 0.3) is 11.8 Å². The van der Waals surface area contributed by atoms with Crippen molar-refractivity contribution >= 4 is 29.1 Å². The van der Waals surface area contributed by atoms with Crippen molar-refractivity contribution in [1.82, 2.24) is 15.3 Å². The number of oxazole rings is 1. The average Bonchev–Trinajstić information content (AvgIpc) is 3.56. The molecule has 37 heavy (non-hydrogen) atoms. The quantitative estimate of drug-likeness (QED) is 0.311. The summed E-state index contributed by atoms with van der Waals surface area (Å²) in [5.41, 5.74) is 0.964. The van der Waals surface area contributed by atoms with Crippen LogP contribution in [0.1, 0.15) is 39.4 Å². The van der Waals surface area contributed by atoms with Crippen LogP contribution in [0.15, 0.2) is 71.3 Å². The summed E-state index contributed by atoms with van der Waals surface area (Å²) in [4.78, 5) is 33.0. The first-order valence-corrected chi connectivity index (χ1v) is 11.6. The van der Waals surface area contributed by atoms with E-state index in [0.29, 0.717) is 27.4 Å². The predicted octanol–water partition coefficient (Wildman–Crippen LogP) is 6.22. The van der Waals surface area contributed by atoms with Crippen LogP contribution in [0.4, 0.5) is 18.9 Å². The summed E-state index contributed by atoms with van der Waals surface area (Å²) in [7, 11) is 0. The predicted molar refractivity (Wildman–Crippen MR) is 130 cm³/mol. The number of pyridine rings is 1. The Balaban J connectivity index is 1.34. The molecule has 1 saturated carbocycles. The Morgan fingerprint density at radius 2 is 1.76 bits per heavy atom. The van der Waals surface area contributed by atoms with E-state index >= 15 is 0 Å². The Morgan fingerprint density at radius 1 is 1.00 bits per heavy atom. The zero-order valence-corrected chi connectivity index (χ0v) is 19.7. The molecule has 0 unspecified atom stereocenters. The number of nitrogens with one attached hydrogen (secondary N) is 2. The minimum absolute atomic E-state index is 0.141. The minimum Gasteiger partial charge on any atom is -0.431 e. The molecule has 188 valence electrons. The number of nitrogens with zero attached hydrogens (tertiary/aromatic N) is 2.